The van der Waals surface area contributed by atoms with E-state index in [0.29, 0.717) is 22.3 Å². The average Bonchev–Trinajstić information content (AvgIpc) is 0.814. The van der Waals surface area contributed by atoms with Crippen LogP contribution in [0.1, 0.15) is 140 Å². The number of aliphatic carboxylic acids is 2. The Balaban J connectivity index is 1.72. The Morgan fingerprint density at radius 3 is 0.689 bits per heavy atom. The Morgan fingerprint density at radius 1 is 0.287 bits per heavy atom. The van der Waals surface area contributed by atoms with Gasteiger partial charge in [0.25, 0.3) is 0 Å². The van der Waals surface area contributed by atoms with Crippen LogP contribution in [0.5, 0.6) is 23.0 Å². The van der Waals surface area contributed by atoms with Crippen LogP contribution in [0.2, 0.25) is 0 Å². The maximum atomic E-state index is 12.5. The molecule has 0 fully saturated rings. The van der Waals surface area contributed by atoms with Crippen LogP contribution in [0.4, 0.5) is 0 Å². The van der Waals surface area contributed by atoms with Gasteiger partial charge >= 0.3 is 11.9 Å². The lowest BCUT2D eigenvalue weighted by Crippen LogP contribution is -2.35. The number of aromatic hydroxyl groups is 4. The number of phenolic OH excluding ortho intramolecular Hbond substituents is 4. The van der Waals surface area contributed by atoms with E-state index in [2.05, 4.69) is 71.2 Å². The topological polar surface area (TPSA) is 781 Å². The number of hydrogen-bond donors (Lipinski definition) is 30. The van der Waals surface area contributed by atoms with Crippen LogP contribution in [-0.2, 0) is 35.3 Å². The third kappa shape index (κ3) is 39.5. The highest BCUT2D eigenvalue weighted by Crippen LogP contribution is 2.24. The number of carboxylic acids is 2. The molecule has 36 N–H and O–H groups in total. The molecular formula is C80H122N24O18. The fourth-order valence-electron chi connectivity index (χ4n) is 12.1. The quantitative estimate of drug-likeness (QED) is 0.0146. The van der Waals surface area contributed by atoms with Crippen molar-refractivity contribution >= 4 is 94.8 Å². The second-order valence-corrected chi connectivity index (χ2v) is 29.9. The molecule has 4 rings (SSSR count). The fraction of sp³-hybridized carbons (Fsp3) is 0.500. The van der Waals surface area contributed by atoms with E-state index in [1.165, 1.54) is 97.1 Å². The van der Waals surface area contributed by atoms with E-state index in [1.54, 1.807) is 27.7 Å². The Hall–Kier alpha value is -13.3. The molecular weight excluding hydrogens is 1590 g/mol. The maximum Gasteiger partial charge on any atom is 0.328 e. The third-order valence-electron chi connectivity index (χ3n) is 18.5. The first-order valence-electron chi connectivity index (χ1n) is 39.7. The van der Waals surface area contributed by atoms with Gasteiger partial charge in [0.05, 0.1) is 12.1 Å². The number of carboxylic acid groups (broad SMARTS) is 2. The predicted molar refractivity (Wildman–Crippen MR) is 471 cm³/mol. The number of benzene rings is 4. The molecule has 0 aliphatic rings. The molecule has 4 aromatic carbocycles. The first-order chi connectivity index (χ1) is 57.7. The van der Waals surface area contributed by atoms with Gasteiger partial charge in [-0.1, -0.05) is 89.1 Å². The number of phenols is 4. The molecule has 0 aromatic heterocycles. The van der Waals surface area contributed by atoms with Crippen molar-refractivity contribution < 1.29 is 91.3 Å². The standard InChI is InChI=1S/C80H122N24O18/c1-43(2)37-59(71(115)95-57(15-9-35-93-79(87)88)69(113)103-63(75(119)120)41-47-21-29-51(107)30-22-47)101-67(111)55(13-7-33-91-77(83)84)97-73(117)61(39-45-17-25-49(105)26-18-45)99-65(109)53(81)11-5-6-12-54(82)66(110)100-62(40-46-19-27-50(106)28-20-46)74(118)98-56(14-8-34-92-78(85)86)68(112)102-60(38-44(3)4)72(116)96-58(16-10-36-94-80(89)90)70(114)104-64(76(121)122)42-48-23-31-52(108)32-24-48/h17-32,43-44,53-64,105-108H,5-16,33-42,81-82H2,1-4H3,(H,95,115)(H,96,116)(H,97,117)(H,98,118)(H,99,109)(H,100,110)(H,101,111)(H,102,112)(H,103,113)(H,104,114)(H,119,120)(H,121,122)(H4,83,84,91)(H4,85,86,92)(H4,87,88,93)(H4,89,90,94). The highest BCUT2D eigenvalue weighted by Gasteiger charge is 2.32. The Labute approximate surface area is 706 Å². The Morgan fingerprint density at radius 2 is 0.475 bits per heavy atom. The summed E-state index contributed by atoms with van der Waals surface area (Å²) < 4.78 is 0. The molecule has 4 aromatic rings. The highest BCUT2D eigenvalue weighted by atomic mass is 16.4. The van der Waals surface area contributed by atoms with E-state index in [1.807, 2.05) is 0 Å². The van der Waals surface area contributed by atoms with E-state index in [0.717, 1.165) is 0 Å². The van der Waals surface area contributed by atoms with Crippen molar-refractivity contribution in [3.63, 3.8) is 0 Å². The summed E-state index contributed by atoms with van der Waals surface area (Å²) >= 11 is 0. The summed E-state index contributed by atoms with van der Waals surface area (Å²) in [6, 6.07) is 5.98. The largest absolute Gasteiger partial charge is 0.508 e. The molecule has 12 atom stereocenters. The lowest BCUT2D eigenvalue weighted by molar-refractivity contribution is -0.139. The van der Waals surface area contributed by atoms with Crippen LogP contribution < -0.4 is 55.7 Å². The van der Waals surface area contributed by atoms with Gasteiger partial charge in [-0.05, 0) is 160 Å². The second kappa shape index (κ2) is 52.6. The molecule has 0 spiro atoms. The number of aliphatic imine (C=N–C) groups is 10. The summed E-state index contributed by atoms with van der Waals surface area (Å²) in [4.78, 5) is 68.5. The zero-order valence-corrected chi connectivity index (χ0v) is 68.8. The summed E-state index contributed by atoms with van der Waals surface area (Å²) in [5.41, 5.74) is 37.1. The molecule has 670 valence electrons. The van der Waals surface area contributed by atoms with Gasteiger partial charge in [-0.3, -0.25) is 21.6 Å². The van der Waals surface area contributed by atoms with Crippen LogP contribution in [0.15, 0.2) is 147 Å². The third-order valence-corrected chi connectivity index (χ3v) is 18.5. The maximum absolute atomic E-state index is 12.5. The van der Waals surface area contributed by atoms with Gasteiger partial charge < -0.3 is 137 Å². The molecule has 42 heteroatoms. The summed E-state index contributed by atoms with van der Waals surface area (Å²) in [6.45, 7) is 7.44. The molecule has 0 aliphatic carbocycles. The Kier molecular flexibility index (Phi) is 43.6. The van der Waals surface area contributed by atoms with E-state index in [9.17, 15) is 91.3 Å². The predicted octanol–water partition coefficient (Wildman–Crippen LogP) is 5.56. The van der Waals surface area contributed by atoms with E-state index < -0.39 is 143 Å². The number of nitrogens with zero attached hydrogens (tertiary/aromatic N) is 10. The first kappa shape index (κ1) is 101. The highest BCUT2D eigenvalue weighted by molar-refractivity contribution is 5.94. The van der Waals surface area contributed by atoms with Gasteiger partial charge in [0.1, 0.15) is 71.3 Å². The molecule has 0 amide bonds. The van der Waals surface area contributed by atoms with Crippen LogP contribution in [0.3, 0.4) is 0 Å². The van der Waals surface area contributed by atoms with Crippen molar-refractivity contribution in [2.24, 2.45) is 96.2 Å². The number of guanidine groups is 4. The van der Waals surface area contributed by atoms with Gasteiger partial charge in [0.15, 0.2) is 47.7 Å². The first-order valence-corrected chi connectivity index (χ1v) is 39.7. The van der Waals surface area contributed by atoms with Crippen LogP contribution in [0.25, 0.3) is 0 Å². The SMILES string of the molecule is CC(C)CC(N=C(O)C(CCCNC(=N)N)N=C(O)C(Cc1ccc(O)cc1)N=C(O)C(N)CCCCC(N)C(O)=NC(Cc1ccc(O)cc1)C(O)=NC(CCCNC(=N)N)C(O)=NC(CC(C)C)C(O)=NC(CCCNC(=N)N)C(O)=NC(Cc1ccc(O)cc1)C(=O)O)C(O)=NC(CCCNC(=N)N)C(O)=NC(Cc1ccc(O)cc1)C(=O)O. The van der Waals surface area contributed by atoms with Crippen molar-refractivity contribution in [1.82, 2.24) is 21.3 Å². The summed E-state index contributed by atoms with van der Waals surface area (Å²) in [5, 5.41) is 219. The average molecular weight is 1710 g/mol. The minimum atomic E-state index is -1.56. The molecule has 42 nitrogen and oxygen atoms in total. The lowest BCUT2D eigenvalue weighted by atomic mass is 10.0. The smallest absolute Gasteiger partial charge is 0.328 e. The van der Waals surface area contributed by atoms with Crippen LogP contribution >= 0.6 is 0 Å². The van der Waals surface area contributed by atoms with E-state index >= 15 is 0 Å². The molecule has 12 unspecified atom stereocenters. The minimum Gasteiger partial charge on any atom is -0.508 e. The van der Waals surface area contributed by atoms with Gasteiger partial charge in [0, 0.05) is 51.9 Å². The zero-order valence-electron chi connectivity index (χ0n) is 68.8. The number of aliphatic hydroxyl groups excluding tert-OH is 10. The molecule has 122 heavy (non-hydrogen) atoms. The number of unbranched alkanes of at least 4 members (excludes halogenated alkanes) is 1. The molecule has 0 radical (unpaired) electrons. The summed E-state index contributed by atoms with van der Waals surface area (Å²) in [7, 11) is 0. The molecule has 0 aliphatic heterocycles. The number of nitrogens with two attached hydrogens (primary N) is 6. The van der Waals surface area contributed by atoms with Crippen LogP contribution in [0, 0.1) is 33.5 Å². The fourth-order valence-corrected chi connectivity index (χ4v) is 12.1. The van der Waals surface area contributed by atoms with Crippen molar-refractivity contribution in [3.8, 4) is 23.0 Å². The van der Waals surface area contributed by atoms with Gasteiger partial charge in [-0.15, -0.1) is 0 Å². The van der Waals surface area contributed by atoms with Crippen molar-refractivity contribution in [1.29, 1.82) is 21.6 Å². The van der Waals surface area contributed by atoms with E-state index in [-0.39, 0.29) is 200 Å². The van der Waals surface area contributed by atoms with Crippen molar-refractivity contribution in [2.75, 3.05) is 26.2 Å². The van der Waals surface area contributed by atoms with Gasteiger partial charge in [-0.2, -0.15) is 0 Å². The zero-order chi connectivity index (χ0) is 90.7. The number of aliphatic hydroxyl groups is 10. The molecule has 0 heterocycles. The van der Waals surface area contributed by atoms with Gasteiger partial charge in [-0.25, -0.2) is 59.5 Å². The lowest BCUT2D eigenvalue weighted by Gasteiger charge is -2.20. The number of carbonyl (C=O) groups is 2. The molecule has 0 saturated heterocycles. The van der Waals surface area contributed by atoms with Crippen molar-refractivity contribution in [3.05, 3.63) is 119 Å². The number of nitrogens with one attached hydrogen (secondary N) is 8. The number of rotatable bonds is 55. The van der Waals surface area contributed by atoms with Crippen molar-refractivity contribution in [2.45, 2.75) is 216 Å². The van der Waals surface area contributed by atoms with Crippen LogP contribution in [-0.4, -0.2) is 275 Å². The van der Waals surface area contributed by atoms with E-state index in [4.69, 9.17) is 56.0 Å². The summed E-state index contributed by atoms with van der Waals surface area (Å²) in [6.07, 6.45) is -0.160. The Bertz CT molecular complexity index is 4040. The van der Waals surface area contributed by atoms with Gasteiger partial charge in [0.2, 0.25) is 47.2 Å². The summed E-state index contributed by atoms with van der Waals surface area (Å²) in [5.74, 6) is -12.5. The normalized spacial score (nSPS) is 16.1. The molecule has 0 bridgehead atoms. The second-order valence-electron chi connectivity index (χ2n) is 29.9. The molecule has 0 saturated carbocycles. The number of hydrogen-bond acceptors (Lipinski definition) is 22. The minimum absolute atomic E-state index is 0.00457. The monoisotopic (exact) mass is 1710 g/mol.